The van der Waals surface area contributed by atoms with E-state index in [4.69, 9.17) is 10.6 Å². The molecule has 0 spiro atoms. The van der Waals surface area contributed by atoms with Crippen LogP contribution in [0.15, 0.2) is 11.4 Å². The van der Waals surface area contributed by atoms with Gasteiger partial charge >= 0.3 is 0 Å². The Labute approximate surface area is 113 Å². The molecule has 1 aromatic heterocycles. The summed E-state index contributed by atoms with van der Waals surface area (Å²) in [6.45, 7) is 1.78. The number of hydrazine groups is 1. The first kappa shape index (κ1) is 12.6. The molecule has 0 bridgehead atoms. The highest BCUT2D eigenvalue weighted by molar-refractivity contribution is 7.10. The predicted octanol–water partition coefficient (Wildman–Crippen LogP) is 2.43. The van der Waals surface area contributed by atoms with Gasteiger partial charge in [-0.2, -0.15) is 0 Å². The third-order valence-electron chi connectivity index (χ3n) is 4.43. The van der Waals surface area contributed by atoms with E-state index < -0.39 is 0 Å². The van der Waals surface area contributed by atoms with Gasteiger partial charge in [-0.1, -0.05) is 0 Å². The van der Waals surface area contributed by atoms with Gasteiger partial charge in [-0.05, 0) is 55.0 Å². The highest BCUT2D eigenvalue weighted by atomic mass is 32.1. The molecular weight excluding hydrogens is 244 g/mol. The molecule has 3 rings (SSSR count). The summed E-state index contributed by atoms with van der Waals surface area (Å²) in [5, 5.41) is 2.23. The Morgan fingerprint density at radius 2 is 2.33 bits per heavy atom. The van der Waals surface area contributed by atoms with Gasteiger partial charge in [0.1, 0.15) is 0 Å². The summed E-state index contributed by atoms with van der Waals surface area (Å²) in [5.74, 6) is 7.01. The molecule has 4 heteroatoms. The van der Waals surface area contributed by atoms with E-state index in [2.05, 4.69) is 16.9 Å². The SMILES string of the molecule is NNC(C1CCCOC1)C1CCCc2sccc21. The minimum atomic E-state index is 0.374. The predicted molar refractivity (Wildman–Crippen MR) is 74.7 cm³/mol. The number of ether oxygens (including phenoxy) is 1. The van der Waals surface area contributed by atoms with E-state index >= 15 is 0 Å². The van der Waals surface area contributed by atoms with Gasteiger partial charge < -0.3 is 4.74 Å². The van der Waals surface area contributed by atoms with Crippen molar-refractivity contribution in [2.24, 2.45) is 11.8 Å². The number of nitrogens with one attached hydrogen (secondary N) is 1. The number of fused-ring (bicyclic) bond motifs is 1. The number of hydrogen-bond donors (Lipinski definition) is 2. The summed E-state index contributed by atoms with van der Waals surface area (Å²) >= 11 is 1.90. The fourth-order valence-corrected chi connectivity index (χ4v) is 4.52. The van der Waals surface area contributed by atoms with Crippen LogP contribution in [-0.2, 0) is 11.2 Å². The minimum Gasteiger partial charge on any atom is -0.381 e. The molecule has 2 aliphatic rings. The standard InChI is InChI=1S/C14H22N2OS/c15-16-14(10-3-2-7-17-9-10)12-4-1-5-13-11(12)6-8-18-13/h6,8,10,12,14,16H,1-5,7,9,15H2. The molecular formula is C14H22N2OS. The molecule has 1 aromatic rings. The van der Waals surface area contributed by atoms with Crippen molar-refractivity contribution in [1.82, 2.24) is 5.43 Å². The lowest BCUT2D eigenvalue weighted by Gasteiger charge is -2.37. The molecule has 0 saturated carbocycles. The van der Waals surface area contributed by atoms with E-state index in [1.165, 1.54) is 32.1 Å². The lowest BCUT2D eigenvalue weighted by Crippen LogP contribution is -2.48. The van der Waals surface area contributed by atoms with Crippen LogP contribution in [0.25, 0.3) is 0 Å². The van der Waals surface area contributed by atoms with E-state index in [0.29, 0.717) is 17.9 Å². The molecule has 0 amide bonds. The summed E-state index contributed by atoms with van der Waals surface area (Å²) < 4.78 is 5.63. The summed E-state index contributed by atoms with van der Waals surface area (Å²) in [6.07, 6.45) is 6.22. The van der Waals surface area contributed by atoms with Gasteiger partial charge in [-0.3, -0.25) is 11.3 Å². The maximum Gasteiger partial charge on any atom is 0.0509 e. The molecule has 0 aromatic carbocycles. The van der Waals surface area contributed by atoms with E-state index in [1.807, 2.05) is 11.3 Å². The Morgan fingerprint density at radius 1 is 1.39 bits per heavy atom. The first-order valence-electron chi connectivity index (χ1n) is 7.00. The van der Waals surface area contributed by atoms with Gasteiger partial charge in [-0.15, -0.1) is 11.3 Å². The van der Waals surface area contributed by atoms with Crippen molar-refractivity contribution in [2.75, 3.05) is 13.2 Å². The molecule has 2 heterocycles. The molecule has 3 N–H and O–H groups in total. The Kier molecular flexibility index (Phi) is 3.99. The summed E-state index contributed by atoms with van der Waals surface area (Å²) in [4.78, 5) is 1.57. The summed E-state index contributed by atoms with van der Waals surface area (Å²) in [6, 6.07) is 2.68. The molecule has 3 unspecified atom stereocenters. The largest absolute Gasteiger partial charge is 0.381 e. The topological polar surface area (TPSA) is 47.3 Å². The van der Waals surface area contributed by atoms with Crippen LogP contribution in [0.5, 0.6) is 0 Å². The quantitative estimate of drug-likeness (QED) is 0.652. The molecule has 0 radical (unpaired) electrons. The van der Waals surface area contributed by atoms with Gasteiger partial charge in [0.15, 0.2) is 0 Å². The average molecular weight is 266 g/mol. The van der Waals surface area contributed by atoms with Crippen LogP contribution in [0.4, 0.5) is 0 Å². The Morgan fingerprint density at radius 3 is 3.11 bits per heavy atom. The van der Waals surface area contributed by atoms with Crippen molar-refractivity contribution in [3.63, 3.8) is 0 Å². The van der Waals surface area contributed by atoms with Gasteiger partial charge in [0, 0.05) is 23.4 Å². The van der Waals surface area contributed by atoms with Crippen LogP contribution < -0.4 is 11.3 Å². The highest BCUT2D eigenvalue weighted by Gasteiger charge is 2.34. The van der Waals surface area contributed by atoms with E-state index in [9.17, 15) is 0 Å². The van der Waals surface area contributed by atoms with Crippen molar-refractivity contribution in [3.05, 3.63) is 21.9 Å². The molecule has 3 atom stereocenters. The first-order chi connectivity index (χ1) is 8.90. The average Bonchev–Trinajstić information content (AvgIpc) is 2.90. The molecule has 3 nitrogen and oxygen atoms in total. The monoisotopic (exact) mass is 266 g/mol. The fraction of sp³-hybridized carbons (Fsp3) is 0.714. The van der Waals surface area contributed by atoms with Crippen LogP contribution in [0.3, 0.4) is 0 Å². The van der Waals surface area contributed by atoms with Crippen molar-refractivity contribution >= 4 is 11.3 Å². The maximum absolute atomic E-state index is 5.86. The lowest BCUT2D eigenvalue weighted by atomic mass is 9.76. The molecule has 18 heavy (non-hydrogen) atoms. The number of hydrogen-bond acceptors (Lipinski definition) is 4. The van der Waals surface area contributed by atoms with Gasteiger partial charge in [0.05, 0.1) is 6.61 Å². The maximum atomic E-state index is 5.86. The third-order valence-corrected chi connectivity index (χ3v) is 5.42. The summed E-state index contributed by atoms with van der Waals surface area (Å²) in [7, 11) is 0. The fourth-order valence-electron chi connectivity index (χ4n) is 3.52. The molecule has 100 valence electrons. The van der Waals surface area contributed by atoms with Crippen molar-refractivity contribution in [2.45, 2.75) is 44.1 Å². The smallest absolute Gasteiger partial charge is 0.0509 e. The molecule has 1 aliphatic heterocycles. The Balaban J connectivity index is 1.80. The lowest BCUT2D eigenvalue weighted by molar-refractivity contribution is 0.0336. The number of rotatable bonds is 3. The number of aryl methyl sites for hydroxylation is 1. The zero-order valence-corrected chi connectivity index (χ0v) is 11.5. The second-order valence-corrected chi connectivity index (χ2v) is 6.47. The van der Waals surface area contributed by atoms with E-state index in [0.717, 1.165) is 13.2 Å². The van der Waals surface area contributed by atoms with E-state index in [-0.39, 0.29) is 0 Å². The number of nitrogens with two attached hydrogens (primary N) is 1. The van der Waals surface area contributed by atoms with Gasteiger partial charge in [-0.25, -0.2) is 0 Å². The molecule has 1 aliphatic carbocycles. The second-order valence-electron chi connectivity index (χ2n) is 5.47. The van der Waals surface area contributed by atoms with Crippen molar-refractivity contribution < 1.29 is 4.74 Å². The van der Waals surface area contributed by atoms with Crippen LogP contribution in [0, 0.1) is 5.92 Å². The minimum absolute atomic E-state index is 0.374. The van der Waals surface area contributed by atoms with Crippen LogP contribution in [-0.4, -0.2) is 19.3 Å². The zero-order valence-electron chi connectivity index (χ0n) is 10.7. The Hall–Kier alpha value is -0.420. The molecule has 1 fully saturated rings. The summed E-state index contributed by atoms with van der Waals surface area (Å²) in [5.41, 5.74) is 4.64. The van der Waals surface area contributed by atoms with Crippen molar-refractivity contribution in [3.8, 4) is 0 Å². The van der Waals surface area contributed by atoms with Crippen LogP contribution >= 0.6 is 11.3 Å². The number of thiophene rings is 1. The van der Waals surface area contributed by atoms with E-state index in [1.54, 1.807) is 10.4 Å². The highest BCUT2D eigenvalue weighted by Crippen LogP contribution is 2.39. The Bertz CT molecular complexity index is 387. The van der Waals surface area contributed by atoms with Crippen LogP contribution in [0.1, 0.15) is 42.0 Å². The van der Waals surface area contributed by atoms with Crippen LogP contribution in [0.2, 0.25) is 0 Å². The van der Waals surface area contributed by atoms with Crippen molar-refractivity contribution in [1.29, 1.82) is 0 Å². The van der Waals surface area contributed by atoms with Gasteiger partial charge in [0.2, 0.25) is 0 Å². The zero-order chi connectivity index (χ0) is 12.4. The third kappa shape index (κ3) is 2.35. The normalized spacial score (nSPS) is 29.8. The second kappa shape index (κ2) is 5.70. The molecule has 1 saturated heterocycles. The first-order valence-corrected chi connectivity index (χ1v) is 7.88. The van der Waals surface area contributed by atoms with Gasteiger partial charge in [0.25, 0.3) is 0 Å².